The normalized spacial score (nSPS) is 9.87. The van der Waals surface area contributed by atoms with Crippen LogP contribution in [0.4, 0.5) is 5.69 Å². The zero-order valence-electron chi connectivity index (χ0n) is 8.53. The number of fused-ring (bicyclic) bond motifs is 1. The molecule has 1 heteroatoms. The van der Waals surface area contributed by atoms with Gasteiger partial charge in [-0.1, -0.05) is 49.6 Å². The van der Waals surface area contributed by atoms with Crippen molar-refractivity contribution in [3.8, 4) is 0 Å². The van der Waals surface area contributed by atoms with E-state index < -0.39 is 0 Å². The second-order valence-corrected chi connectivity index (χ2v) is 3.38. The number of hydrogen-bond donors (Lipinski definition) is 1. The van der Waals surface area contributed by atoms with E-state index in [1.165, 1.54) is 10.8 Å². The molecule has 1 N–H and O–H groups in total. The van der Waals surface area contributed by atoms with E-state index in [4.69, 9.17) is 0 Å². The van der Waals surface area contributed by atoms with Crippen molar-refractivity contribution >= 4 is 16.5 Å². The van der Waals surface area contributed by atoms with Gasteiger partial charge in [0.05, 0.1) is 0 Å². The van der Waals surface area contributed by atoms with E-state index in [0.29, 0.717) is 0 Å². The molecular weight excluding hydrogens is 182 g/mol. The van der Waals surface area contributed by atoms with Gasteiger partial charge in [-0.2, -0.15) is 0 Å². The van der Waals surface area contributed by atoms with Crippen LogP contribution in [-0.2, 0) is 0 Å². The average molecular weight is 195 g/mol. The molecule has 74 valence electrons. The molecule has 0 spiro atoms. The van der Waals surface area contributed by atoms with Crippen molar-refractivity contribution < 1.29 is 0 Å². The van der Waals surface area contributed by atoms with Gasteiger partial charge in [-0.3, -0.25) is 0 Å². The second-order valence-electron chi connectivity index (χ2n) is 3.38. The highest BCUT2D eigenvalue weighted by Crippen LogP contribution is 2.23. The van der Waals surface area contributed by atoms with Gasteiger partial charge in [0, 0.05) is 16.8 Å². The maximum atomic E-state index is 3.85. The molecular formula is C14H13N. The molecule has 0 amide bonds. The van der Waals surface area contributed by atoms with Crippen LogP contribution in [0.2, 0.25) is 0 Å². The van der Waals surface area contributed by atoms with Crippen molar-refractivity contribution in [3.63, 3.8) is 0 Å². The van der Waals surface area contributed by atoms with Gasteiger partial charge < -0.3 is 5.32 Å². The van der Waals surface area contributed by atoms with Crippen molar-refractivity contribution in [2.75, 3.05) is 5.32 Å². The molecule has 0 unspecified atom stereocenters. The predicted molar refractivity (Wildman–Crippen MR) is 66.9 cm³/mol. The molecule has 0 atom stereocenters. The lowest BCUT2D eigenvalue weighted by Crippen LogP contribution is -1.95. The Kier molecular flexibility index (Phi) is 2.55. The number of nitrogens with one attached hydrogen (secondary N) is 1. The Labute approximate surface area is 89.7 Å². The van der Waals surface area contributed by atoms with Crippen LogP contribution < -0.4 is 5.32 Å². The van der Waals surface area contributed by atoms with Crippen LogP contribution in [-0.4, -0.2) is 0 Å². The van der Waals surface area contributed by atoms with Crippen LogP contribution in [0.3, 0.4) is 0 Å². The standard InChI is InChI=1S/C14H13N/c1-3-11(2)15-14-10-6-8-12-7-4-5-9-13(12)14/h3-10,15H,1-2H2. The Morgan fingerprint density at radius 3 is 2.60 bits per heavy atom. The van der Waals surface area contributed by atoms with Crippen LogP contribution in [0, 0.1) is 0 Å². The van der Waals surface area contributed by atoms with Gasteiger partial charge in [-0.15, -0.1) is 0 Å². The van der Waals surface area contributed by atoms with Crippen LogP contribution in [0.25, 0.3) is 10.8 Å². The minimum atomic E-state index is 0.811. The first-order valence-electron chi connectivity index (χ1n) is 4.87. The summed E-state index contributed by atoms with van der Waals surface area (Å²) in [6.07, 6.45) is 1.71. The molecule has 0 saturated carbocycles. The van der Waals surface area contributed by atoms with Gasteiger partial charge in [0.15, 0.2) is 0 Å². The van der Waals surface area contributed by atoms with Crippen LogP contribution in [0.15, 0.2) is 67.4 Å². The Morgan fingerprint density at radius 2 is 1.80 bits per heavy atom. The Hall–Kier alpha value is -2.02. The summed E-state index contributed by atoms with van der Waals surface area (Å²) < 4.78 is 0. The van der Waals surface area contributed by atoms with Gasteiger partial charge >= 0.3 is 0 Å². The van der Waals surface area contributed by atoms with Crippen molar-refractivity contribution in [1.82, 2.24) is 0 Å². The average Bonchev–Trinajstić information content (AvgIpc) is 2.29. The third kappa shape index (κ3) is 1.91. The minimum absolute atomic E-state index is 0.811. The van der Waals surface area contributed by atoms with Crippen molar-refractivity contribution in [2.24, 2.45) is 0 Å². The lowest BCUT2D eigenvalue weighted by Gasteiger charge is -2.08. The fraction of sp³-hybridized carbons (Fsp3) is 0. The topological polar surface area (TPSA) is 12.0 Å². The highest BCUT2D eigenvalue weighted by atomic mass is 14.9. The molecule has 0 aliphatic carbocycles. The highest BCUT2D eigenvalue weighted by Gasteiger charge is 1.98. The smallest absolute Gasteiger partial charge is 0.0463 e. The van der Waals surface area contributed by atoms with Gasteiger partial charge in [0.1, 0.15) is 0 Å². The van der Waals surface area contributed by atoms with Crippen molar-refractivity contribution in [2.45, 2.75) is 0 Å². The van der Waals surface area contributed by atoms with Crippen molar-refractivity contribution in [3.05, 3.63) is 67.4 Å². The molecule has 0 bridgehead atoms. The molecule has 15 heavy (non-hydrogen) atoms. The highest BCUT2D eigenvalue weighted by molar-refractivity contribution is 5.94. The molecule has 0 fully saturated rings. The number of hydrogen-bond acceptors (Lipinski definition) is 1. The predicted octanol–water partition coefficient (Wildman–Crippen LogP) is 3.95. The number of anilines is 1. The monoisotopic (exact) mass is 195 g/mol. The zero-order chi connectivity index (χ0) is 10.7. The summed E-state index contributed by atoms with van der Waals surface area (Å²) in [5, 5.41) is 5.64. The molecule has 0 saturated heterocycles. The van der Waals surface area contributed by atoms with E-state index in [0.717, 1.165) is 11.4 Å². The quantitative estimate of drug-likeness (QED) is 0.731. The lowest BCUT2D eigenvalue weighted by atomic mass is 10.1. The fourth-order valence-corrected chi connectivity index (χ4v) is 1.56. The summed E-state index contributed by atoms with van der Waals surface area (Å²) in [6.45, 7) is 7.52. The first-order chi connectivity index (χ1) is 7.31. The van der Waals surface area contributed by atoms with Crippen LogP contribution in [0.5, 0.6) is 0 Å². The zero-order valence-corrected chi connectivity index (χ0v) is 8.53. The van der Waals surface area contributed by atoms with E-state index >= 15 is 0 Å². The lowest BCUT2D eigenvalue weighted by molar-refractivity contribution is 1.53. The molecule has 0 aromatic heterocycles. The molecule has 0 radical (unpaired) electrons. The van der Waals surface area contributed by atoms with E-state index in [-0.39, 0.29) is 0 Å². The fourth-order valence-electron chi connectivity index (χ4n) is 1.56. The van der Waals surface area contributed by atoms with Gasteiger partial charge in [0.25, 0.3) is 0 Å². The molecule has 0 aliphatic heterocycles. The molecule has 2 aromatic rings. The largest absolute Gasteiger partial charge is 0.356 e. The van der Waals surface area contributed by atoms with E-state index in [1.54, 1.807) is 6.08 Å². The van der Waals surface area contributed by atoms with Crippen molar-refractivity contribution in [1.29, 1.82) is 0 Å². The van der Waals surface area contributed by atoms with Gasteiger partial charge in [-0.05, 0) is 17.5 Å². The summed E-state index contributed by atoms with van der Waals surface area (Å²) in [6, 6.07) is 14.4. The third-order valence-electron chi connectivity index (χ3n) is 2.33. The summed E-state index contributed by atoms with van der Waals surface area (Å²) >= 11 is 0. The second kappa shape index (κ2) is 4.01. The SMILES string of the molecule is C=CC(=C)Nc1cccc2ccccc12. The third-order valence-corrected chi connectivity index (χ3v) is 2.33. The Bertz CT molecular complexity index is 506. The minimum Gasteiger partial charge on any atom is -0.356 e. The Balaban J connectivity index is 2.51. The summed E-state index contributed by atoms with van der Waals surface area (Å²) in [7, 11) is 0. The van der Waals surface area contributed by atoms with Gasteiger partial charge in [-0.25, -0.2) is 0 Å². The molecule has 2 aromatic carbocycles. The number of benzene rings is 2. The van der Waals surface area contributed by atoms with E-state index in [1.807, 2.05) is 24.3 Å². The summed E-state index contributed by atoms with van der Waals surface area (Å²) in [5.41, 5.74) is 1.88. The molecule has 1 nitrogen and oxygen atoms in total. The first-order valence-corrected chi connectivity index (χ1v) is 4.87. The maximum Gasteiger partial charge on any atom is 0.0463 e. The summed E-state index contributed by atoms with van der Waals surface area (Å²) in [5.74, 6) is 0. The van der Waals surface area contributed by atoms with E-state index in [9.17, 15) is 0 Å². The Morgan fingerprint density at radius 1 is 1.07 bits per heavy atom. The van der Waals surface area contributed by atoms with Crippen LogP contribution >= 0.6 is 0 Å². The molecule has 0 aliphatic rings. The number of rotatable bonds is 3. The van der Waals surface area contributed by atoms with Crippen LogP contribution in [0.1, 0.15) is 0 Å². The summed E-state index contributed by atoms with van der Waals surface area (Å²) in [4.78, 5) is 0. The number of allylic oxidation sites excluding steroid dienone is 1. The molecule has 0 heterocycles. The van der Waals surface area contributed by atoms with E-state index in [2.05, 4.69) is 36.7 Å². The molecule has 2 rings (SSSR count). The first kappa shape index (κ1) is 9.53. The van der Waals surface area contributed by atoms with Gasteiger partial charge in [0.2, 0.25) is 0 Å². The maximum absolute atomic E-state index is 3.85.